The number of allylic oxidation sites excluding steroid dienone is 1. The molecular weight excluding hydrogens is 170 g/mol. The third-order valence-corrected chi connectivity index (χ3v) is 2.50. The molecule has 1 heteroatoms. The molecule has 0 aromatic heterocycles. The zero-order valence-electron chi connectivity index (χ0n) is 8.87. The van der Waals surface area contributed by atoms with E-state index in [9.17, 15) is 0 Å². The van der Waals surface area contributed by atoms with Crippen molar-refractivity contribution in [3.05, 3.63) is 48.0 Å². The SMILES string of the molecule is C=CCCC(N)c1ccc(CC)cc1. The Morgan fingerprint density at radius 2 is 2.00 bits per heavy atom. The maximum atomic E-state index is 6.02. The second-order valence-corrected chi connectivity index (χ2v) is 3.57. The summed E-state index contributed by atoms with van der Waals surface area (Å²) >= 11 is 0. The van der Waals surface area contributed by atoms with Crippen molar-refractivity contribution in [2.45, 2.75) is 32.2 Å². The molecule has 76 valence electrons. The van der Waals surface area contributed by atoms with Gasteiger partial charge in [0.2, 0.25) is 0 Å². The lowest BCUT2D eigenvalue weighted by atomic mass is 10.0. The van der Waals surface area contributed by atoms with Crippen LogP contribution in [0.25, 0.3) is 0 Å². The summed E-state index contributed by atoms with van der Waals surface area (Å²) in [4.78, 5) is 0. The van der Waals surface area contributed by atoms with Gasteiger partial charge in [0.1, 0.15) is 0 Å². The maximum absolute atomic E-state index is 6.02. The summed E-state index contributed by atoms with van der Waals surface area (Å²) in [5, 5.41) is 0. The van der Waals surface area contributed by atoms with Gasteiger partial charge in [0, 0.05) is 6.04 Å². The van der Waals surface area contributed by atoms with Gasteiger partial charge in [0.05, 0.1) is 0 Å². The Balaban J connectivity index is 2.61. The van der Waals surface area contributed by atoms with Gasteiger partial charge in [-0.2, -0.15) is 0 Å². The molecule has 1 aromatic carbocycles. The van der Waals surface area contributed by atoms with Crippen LogP contribution < -0.4 is 5.73 Å². The summed E-state index contributed by atoms with van der Waals surface area (Å²) in [6.45, 7) is 5.86. The van der Waals surface area contributed by atoms with Crippen LogP contribution in [-0.2, 0) is 6.42 Å². The van der Waals surface area contributed by atoms with Crippen LogP contribution in [0.2, 0.25) is 0 Å². The van der Waals surface area contributed by atoms with Crippen LogP contribution in [0.5, 0.6) is 0 Å². The van der Waals surface area contributed by atoms with Crippen molar-refractivity contribution in [3.63, 3.8) is 0 Å². The molecule has 0 spiro atoms. The molecule has 0 aliphatic carbocycles. The molecule has 14 heavy (non-hydrogen) atoms. The summed E-state index contributed by atoms with van der Waals surface area (Å²) in [7, 11) is 0. The van der Waals surface area contributed by atoms with Crippen molar-refractivity contribution in [3.8, 4) is 0 Å². The van der Waals surface area contributed by atoms with Crippen molar-refractivity contribution in [1.29, 1.82) is 0 Å². The molecule has 0 aliphatic heterocycles. The number of hydrogen-bond donors (Lipinski definition) is 1. The quantitative estimate of drug-likeness (QED) is 0.707. The second-order valence-electron chi connectivity index (χ2n) is 3.57. The zero-order chi connectivity index (χ0) is 10.4. The summed E-state index contributed by atoms with van der Waals surface area (Å²) in [5.41, 5.74) is 8.62. The third-order valence-electron chi connectivity index (χ3n) is 2.50. The van der Waals surface area contributed by atoms with Gasteiger partial charge in [-0.25, -0.2) is 0 Å². The first kappa shape index (κ1) is 11.0. The van der Waals surface area contributed by atoms with Crippen LogP contribution in [0.1, 0.15) is 36.9 Å². The summed E-state index contributed by atoms with van der Waals surface area (Å²) in [6.07, 6.45) is 4.97. The van der Waals surface area contributed by atoms with Crippen LogP contribution in [-0.4, -0.2) is 0 Å². The number of hydrogen-bond acceptors (Lipinski definition) is 1. The van der Waals surface area contributed by atoms with Crippen molar-refractivity contribution in [2.24, 2.45) is 5.73 Å². The van der Waals surface area contributed by atoms with Crippen molar-refractivity contribution >= 4 is 0 Å². The molecule has 1 rings (SSSR count). The number of benzene rings is 1. The average Bonchev–Trinajstić information content (AvgIpc) is 2.26. The lowest BCUT2D eigenvalue weighted by molar-refractivity contribution is 0.661. The van der Waals surface area contributed by atoms with Gasteiger partial charge >= 0.3 is 0 Å². The van der Waals surface area contributed by atoms with E-state index in [0.29, 0.717) is 0 Å². The molecule has 0 saturated heterocycles. The van der Waals surface area contributed by atoms with E-state index in [0.717, 1.165) is 19.3 Å². The fraction of sp³-hybridized carbons (Fsp3) is 0.385. The van der Waals surface area contributed by atoms with E-state index in [-0.39, 0.29) is 6.04 Å². The minimum absolute atomic E-state index is 0.152. The Labute approximate surface area is 86.6 Å². The molecule has 0 bridgehead atoms. The Morgan fingerprint density at radius 1 is 1.36 bits per heavy atom. The Bertz CT molecular complexity index is 274. The molecule has 1 aromatic rings. The van der Waals surface area contributed by atoms with Crippen molar-refractivity contribution in [1.82, 2.24) is 0 Å². The molecule has 0 radical (unpaired) electrons. The maximum Gasteiger partial charge on any atom is 0.0297 e. The van der Waals surface area contributed by atoms with E-state index in [1.807, 2.05) is 6.08 Å². The first-order valence-electron chi connectivity index (χ1n) is 5.23. The minimum atomic E-state index is 0.152. The Hall–Kier alpha value is -1.08. The summed E-state index contributed by atoms with van der Waals surface area (Å²) < 4.78 is 0. The van der Waals surface area contributed by atoms with E-state index in [1.165, 1.54) is 11.1 Å². The highest BCUT2D eigenvalue weighted by Gasteiger charge is 2.03. The molecule has 0 aliphatic rings. The lowest BCUT2D eigenvalue weighted by Crippen LogP contribution is -2.09. The lowest BCUT2D eigenvalue weighted by Gasteiger charge is -2.10. The average molecular weight is 189 g/mol. The van der Waals surface area contributed by atoms with Gasteiger partial charge in [0.15, 0.2) is 0 Å². The Kier molecular flexibility index (Phi) is 4.41. The predicted octanol–water partition coefficient (Wildman–Crippen LogP) is 3.22. The fourth-order valence-electron chi connectivity index (χ4n) is 1.46. The highest BCUT2D eigenvalue weighted by Crippen LogP contribution is 2.16. The van der Waals surface area contributed by atoms with Crippen LogP contribution in [0.3, 0.4) is 0 Å². The molecule has 0 fully saturated rings. The third kappa shape index (κ3) is 3.00. The van der Waals surface area contributed by atoms with Gasteiger partial charge in [-0.3, -0.25) is 0 Å². The highest BCUT2D eigenvalue weighted by atomic mass is 14.6. The molecule has 1 atom stereocenters. The standard InChI is InChI=1S/C13H19N/c1-3-5-6-13(14)12-9-7-11(4-2)8-10-12/h3,7-10,13H,1,4-6,14H2,2H3. The molecule has 1 unspecified atom stereocenters. The molecule has 0 amide bonds. The number of rotatable bonds is 5. The first-order valence-corrected chi connectivity index (χ1v) is 5.23. The molecule has 2 N–H and O–H groups in total. The van der Waals surface area contributed by atoms with Crippen LogP contribution in [0, 0.1) is 0 Å². The first-order chi connectivity index (χ1) is 6.77. The fourth-order valence-corrected chi connectivity index (χ4v) is 1.46. The van der Waals surface area contributed by atoms with Crippen molar-refractivity contribution in [2.75, 3.05) is 0 Å². The summed E-state index contributed by atoms with van der Waals surface area (Å²) in [6, 6.07) is 8.73. The van der Waals surface area contributed by atoms with Gasteiger partial charge in [-0.1, -0.05) is 37.3 Å². The molecule has 0 heterocycles. The van der Waals surface area contributed by atoms with Crippen LogP contribution in [0.15, 0.2) is 36.9 Å². The van der Waals surface area contributed by atoms with Gasteiger partial charge < -0.3 is 5.73 Å². The van der Waals surface area contributed by atoms with E-state index in [2.05, 4.69) is 37.8 Å². The predicted molar refractivity (Wildman–Crippen MR) is 62.2 cm³/mol. The normalized spacial score (nSPS) is 12.4. The number of nitrogens with two attached hydrogens (primary N) is 1. The van der Waals surface area contributed by atoms with Crippen LogP contribution >= 0.6 is 0 Å². The zero-order valence-corrected chi connectivity index (χ0v) is 8.87. The van der Waals surface area contributed by atoms with Crippen molar-refractivity contribution < 1.29 is 0 Å². The second kappa shape index (κ2) is 5.61. The molecular formula is C13H19N. The molecule has 1 nitrogen and oxygen atoms in total. The van der Waals surface area contributed by atoms with Gasteiger partial charge in [0.25, 0.3) is 0 Å². The summed E-state index contributed by atoms with van der Waals surface area (Å²) in [5.74, 6) is 0. The largest absolute Gasteiger partial charge is 0.324 e. The topological polar surface area (TPSA) is 26.0 Å². The molecule has 0 saturated carbocycles. The van der Waals surface area contributed by atoms with Crippen LogP contribution in [0.4, 0.5) is 0 Å². The number of aryl methyl sites for hydroxylation is 1. The van der Waals surface area contributed by atoms with E-state index in [1.54, 1.807) is 0 Å². The van der Waals surface area contributed by atoms with E-state index < -0.39 is 0 Å². The van der Waals surface area contributed by atoms with Gasteiger partial charge in [-0.05, 0) is 30.4 Å². The minimum Gasteiger partial charge on any atom is -0.324 e. The van der Waals surface area contributed by atoms with Gasteiger partial charge in [-0.15, -0.1) is 6.58 Å². The monoisotopic (exact) mass is 189 g/mol. The Morgan fingerprint density at radius 3 is 2.50 bits per heavy atom. The van der Waals surface area contributed by atoms with E-state index in [4.69, 9.17) is 5.73 Å². The highest BCUT2D eigenvalue weighted by molar-refractivity contribution is 5.24. The smallest absolute Gasteiger partial charge is 0.0297 e. The van der Waals surface area contributed by atoms with E-state index >= 15 is 0 Å².